The van der Waals surface area contributed by atoms with Crippen molar-refractivity contribution in [2.75, 3.05) is 18.4 Å². The first-order valence-corrected chi connectivity index (χ1v) is 9.05. The predicted molar refractivity (Wildman–Crippen MR) is 101 cm³/mol. The van der Waals surface area contributed by atoms with Crippen molar-refractivity contribution in [2.24, 2.45) is 11.8 Å². The minimum absolute atomic E-state index is 0.0511. The third kappa shape index (κ3) is 5.07. The van der Waals surface area contributed by atoms with Crippen LogP contribution in [-0.2, 0) is 4.79 Å². The minimum Gasteiger partial charge on any atom is -0.455 e. The summed E-state index contributed by atoms with van der Waals surface area (Å²) in [5.74, 6) is 2.49. The molecule has 1 aliphatic rings. The van der Waals surface area contributed by atoms with Crippen LogP contribution in [0.4, 0.5) is 5.69 Å². The first kappa shape index (κ1) is 17.5. The van der Waals surface area contributed by atoms with Crippen molar-refractivity contribution in [1.29, 1.82) is 0 Å². The first-order chi connectivity index (χ1) is 12.2. The summed E-state index contributed by atoms with van der Waals surface area (Å²) >= 11 is 0. The average Bonchev–Trinajstić information content (AvgIpc) is 2.65. The SMILES string of the molecule is CC(CC(=O)Nc1ccccc1Oc1ccccc1)C1CCNCC1. The van der Waals surface area contributed by atoms with E-state index in [-0.39, 0.29) is 5.91 Å². The summed E-state index contributed by atoms with van der Waals surface area (Å²) < 4.78 is 5.91. The summed E-state index contributed by atoms with van der Waals surface area (Å²) in [7, 11) is 0. The van der Waals surface area contributed by atoms with Gasteiger partial charge < -0.3 is 15.4 Å². The smallest absolute Gasteiger partial charge is 0.224 e. The van der Waals surface area contributed by atoms with Crippen LogP contribution in [0.25, 0.3) is 0 Å². The Kier molecular flexibility index (Phi) is 6.07. The van der Waals surface area contributed by atoms with Crippen LogP contribution in [0.3, 0.4) is 0 Å². The second-order valence-corrected chi connectivity index (χ2v) is 6.73. The highest BCUT2D eigenvalue weighted by molar-refractivity contribution is 5.92. The van der Waals surface area contributed by atoms with Crippen molar-refractivity contribution in [3.63, 3.8) is 0 Å². The van der Waals surface area contributed by atoms with Crippen LogP contribution in [0.5, 0.6) is 11.5 Å². The molecule has 4 nitrogen and oxygen atoms in total. The molecule has 1 aliphatic heterocycles. The van der Waals surface area contributed by atoms with E-state index in [2.05, 4.69) is 17.6 Å². The number of nitrogens with one attached hydrogen (secondary N) is 2. The molecule has 4 heteroatoms. The van der Waals surface area contributed by atoms with Gasteiger partial charge in [0.25, 0.3) is 0 Å². The molecular formula is C21H26N2O2. The lowest BCUT2D eigenvalue weighted by Crippen LogP contribution is -2.32. The molecule has 2 aromatic carbocycles. The lowest BCUT2D eigenvalue weighted by Gasteiger charge is -2.28. The van der Waals surface area contributed by atoms with E-state index >= 15 is 0 Å². The number of para-hydroxylation sites is 3. The van der Waals surface area contributed by atoms with Crippen LogP contribution >= 0.6 is 0 Å². The molecule has 1 fully saturated rings. The van der Waals surface area contributed by atoms with Crippen molar-refractivity contribution in [1.82, 2.24) is 5.32 Å². The second-order valence-electron chi connectivity index (χ2n) is 6.73. The number of piperidine rings is 1. The number of amides is 1. The fraction of sp³-hybridized carbons (Fsp3) is 0.381. The third-order valence-corrected chi connectivity index (χ3v) is 4.83. The van der Waals surface area contributed by atoms with Gasteiger partial charge in [0, 0.05) is 6.42 Å². The molecule has 1 unspecified atom stereocenters. The number of carbonyl (C=O) groups is 1. The number of anilines is 1. The van der Waals surface area contributed by atoms with Gasteiger partial charge in [-0.1, -0.05) is 37.3 Å². The van der Waals surface area contributed by atoms with Gasteiger partial charge in [0.15, 0.2) is 5.75 Å². The van der Waals surface area contributed by atoms with E-state index in [0.29, 0.717) is 29.7 Å². The van der Waals surface area contributed by atoms with Gasteiger partial charge in [0.05, 0.1) is 5.69 Å². The highest BCUT2D eigenvalue weighted by Gasteiger charge is 2.22. The van der Waals surface area contributed by atoms with E-state index in [0.717, 1.165) is 31.7 Å². The van der Waals surface area contributed by atoms with Gasteiger partial charge in [-0.15, -0.1) is 0 Å². The monoisotopic (exact) mass is 338 g/mol. The molecule has 0 radical (unpaired) electrons. The van der Waals surface area contributed by atoms with Crippen molar-refractivity contribution >= 4 is 11.6 Å². The number of benzene rings is 2. The third-order valence-electron chi connectivity index (χ3n) is 4.83. The number of hydrogen-bond acceptors (Lipinski definition) is 3. The maximum absolute atomic E-state index is 12.5. The summed E-state index contributed by atoms with van der Waals surface area (Å²) in [6.45, 7) is 4.30. The van der Waals surface area contributed by atoms with Crippen molar-refractivity contribution in [2.45, 2.75) is 26.2 Å². The van der Waals surface area contributed by atoms with Crippen molar-refractivity contribution in [3.8, 4) is 11.5 Å². The summed E-state index contributed by atoms with van der Waals surface area (Å²) in [6.07, 6.45) is 2.86. The lowest BCUT2D eigenvalue weighted by atomic mass is 9.84. The maximum atomic E-state index is 12.5. The highest BCUT2D eigenvalue weighted by atomic mass is 16.5. The fourth-order valence-electron chi connectivity index (χ4n) is 3.35. The number of rotatable bonds is 6. The van der Waals surface area contributed by atoms with E-state index in [4.69, 9.17) is 4.74 Å². The van der Waals surface area contributed by atoms with E-state index in [1.54, 1.807) is 0 Å². The number of hydrogen-bond donors (Lipinski definition) is 2. The lowest BCUT2D eigenvalue weighted by molar-refractivity contribution is -0.117. The number of ether oxygens (including phenoxy) is 1. The Balaban J connectivity index is 1.61. The molecule has 0 aliphatic carbocycles. The molecule has 132 valence electrons. The van der Waals surface area contributed by atoms with Crippen LogP contribution in [0.1, 0.15) is 26.2 Å². The average molecular weight is 338 g/mol. The Morgan fingerprint density at radius 3 is 2.56 bits per heavy atom. The second kappa shape index (κ2) is 8.67. The molecule has 0 saturated carbocycles. The molecule has 1 amide bonds. The Morgan fingerprint density at radius 1 is 1.12 bits per heavy atom. The Labute approximate surface area is 149 Å². The zero-order chi connectivity index (χ0) is 17.5. The molecule has 1 saturated heterocycles. The summed E-state index contributed by atoms with van der Waals surface area (Å²) in [6, 6.07) is 17.2. The molecule has 25 heavy (non-hydrogen) atoms. The Morgan fingerprint density at radius 2 is 1.80 bits per heavy atom. The predicted octanol–water partition coefficient (Wildman–Crippen LogP) is 4.44. The molecule has 2 aromatic rings. The van der Waals surface area contributed by atoms with Gasteiger partial charge in [-0.25, -0.2) is 0 Å². The summed E-state index contributed by atoms with van der Waals surface area (Å²) in [4.78, 5) is 12.5. The fourth-order valence-corrected chi connectivity index (χ4v) is 3.35. The topological polar surface area (TPSA) is 50.4 Å². The normalized spacial score (nSPS) is 16.2. The van der Waals surface area contributed by atoms with Gasteiger partial charge in [-0.2, -0.15) is 0 Å². The molecule has 3 rings (SSSR count). The van der Waals surface area contributed by atoms with Crippen LogP contribution in [0.2, 0.25) is 0 Å². The van der Waals surface area contributed by atoms with Crippen LogP contribution in [0, 0.1) is 11.8 Å². The van der Waals surface area contributed by atoms with E-state index < -0.39 is 0 Å². The van der Waals surface area contributed by atoms with Gasteiger partial charge in [-0.3, -0.25) is 4.79 Å². The Hall–Kier alpha value is -2.33. The molecule has 0 spiro atoms. The van der Waals surface area contributed by atoms with Crippen LogP contribution in [0.15, 0.2) is 54.6 Å². The summed E-state index contributed by atoms with van der Waals surface area (Å²) in [5.41, 5.74) is 0.717. The van der Waals surface area contributed by atoms with Crippen LogP contribution in [-0.4, -0.2) is 19.0 Å². The van der Waals surface area contributed by atoms with Crippen LogP contribution < -0.4 is 15.4 Å². The summed E-state index contributed by atoms with van der Waals surface area (Å²) in [5, 5.41) is 6.40. The molecule has 2 N–H and O–H groups in total. The van der Waals surface area contributed by atoms with E-state index in [1.807, 2.05) is 54.6 Å². The molecule has 0 aromatic heterocycles. The maximum Gasteiger partial charge on any atom is 0.224 e. The molecule has 0 bridgehead atoms. The van der Waals surface area contributed by atoms with Crippen molar-refractivity contribution < 1.29 is 9.53 Å². The van der Waals surface area contributed by atoms with Gasteiger partial charge >= 0.3 is 0 Å². The van der Waals surface area contributed by atoms with Gasteiger partial charge in [-0.05, 0) is 62.0 Å². The minimum atomic E-state index is 0.0511. The largest absolute Gasteiger partial charge is 0.455 e. The molecule has 1 atom stereocenters. The van der Waals surface area contributed by atoms with E-state index in [9.17, 15) is 4.79 Å². The van der Waals surface area contributed by atoms with E-state index in [1.165, 1.54) is 0 Å². The van der Waals surface area contributed by atoms with Gasteiger partial charge in [0.2, 0.25) is 5.91 Å². The first-order valence-electron chi connectivity index (χ1n) is 9.05. The zero-order valence-electron chi connectivity index (χ0n) is 14.7. The van der Waals surface area contributed by atoms with Gasteiger partial charge in [0.1, 0.15) is 5.75 Å². The molecular weight excluding hydrogens is 312 g/mol. The standard InChI is InChI=1S/C21H26N2O2/c1-16(17-11-13-22-14-12-17)15-21(24)23-19-9-5-6-10-20(19)25-18-7-3-2-4-8-18/h2-10,16-17,22H,11-15H2,1H3,(H,23,24). The highest BCUT2D eigenvalue weighted by Crippen LogP contribution is 2.30. The molecule has 1 heterocycles. The quantitative estimate of drug-likeness (QED) is 0.818. The zero-order valence-corrected chi connectivity index (χ0v) is 14.7. The van der Waals surface area contributed by atoms with Crippen molar-refractivity contribution in [3.05, 3.63) is 54.6 Å². The number of carbonyl (C=O) groups excluding carboxylic acids is 1. The Bertz CT molecular complexity index is 681.